The van der Waals surface area contributed by atoms with Gasteiger partial charge in [-0.15, -0.1) is 0 Å². The fraction of sp³-hybridized carbons (Fsp3) is 0.250. The number of benzene rings is 2. The first-order valence-corrected chi connectivity index (χ1v) is 9.09. The smallest absolute Gasteiger partial charge is 0.232 e. The van der Waals surface area contributed by atoms with Gasteiger partial charge in [-0.3, -0.25) is 4.79 Å². The van der Waals surface area contributed by atoms with Crippen LogP contribution in [-0.2, 0) is 4.79 Å². The summed E-state index contributed by atoms with van der Waals surface area (Å²) in [5, 5.41) is 4.71. The Bertz CT molecular complexity index is 1000. The highest BCUT2D eigenvalue weighted by atomic mass is 35.5. The van der Waals surface area contributed by atoms with E-state index in [4.69, 9.17) is 25.6 Å². The molecule has 0 radical (unpaired) electrons. The summed E-state index contributed by atoms with van der Waals surface area (Å²) in [5.74, 6) is 1.75. The van der Waals surface area contributed by atoms with Crippen molar-refractivity contribution in [2.24, 2.45) is 0 Å². The Morgan fingerprint density at radius 2 is 1.93 bits per heavy atom. The molecule has 1 aromatic heterocycles. The highest BCUT2D eigenvalue weighted by Crippen LogP contribution is 2.38. The van der Waals surface area contributed by atoms with E-state index in [1.165, 1.54) is 0 Å². The van der Waals surface area contributed by atoms with Gasteiger partial charge >= 0.3 is 0 Å². The molecule has 1 atom stereocenters. The Morgan fingerprint density at radius 3 is 2.64 bits per heavy atom. The average Bonchev–Trinajstić information content (AvgIpc) is 3.35. The predicted octanol–water partition coefficient (Wildman–Crippen LogP) is 3.93. The molecule has 0 N–H and O–H groups in total. The topological polar surface area (TPSA) is 77.7 Å². The van der Waals surface area contributed by atoms with Gasteiger partial charge in [-0.05, 0) is 36.4 Å². The van der Waals surface area contributed by atoms with E-state index < -0.39 is 0 Å². The Hall–Kier alpha value is -3.06. The van der Waals surface area contributed by atoms with Crippen LogP contribution in [0.1, 0.15) is 18.2 Å². The maximum absolute atomic E-state index is 12.5. The van der Waals surface area contributed by atoms with E-state index in [-0.39, 0.29) is 11.8 Å². The molecule has 144 valence electrons. The fourth-order valence-corrected chi connectivity index (χ4v) is 3.44. The maximum atomic E-state index is 12.5. The first-order chi connectivity index (χ1) is 13.6. The SMILES string of the molecule is COc1cccc(-c2noc([C@@H]3CC(=O)N(c4ccc(Cl)cc4)C3)n2)c1OC. The molecule has 1 amide bonds. The standard InChI is InChI=1S/C20H18ClN3O4/c1-26-16-5-3-4-15(18(16)27-2)19-22-20(28-23-19)12-10-17(25)24(11-12)14-8-6-13(21)7-9-14/h3-9,12H,10-11H2,1-2H3/t12-/m1/s1. The third-order valence-corrected chi connectivity index (χ3v) is 4.95. The molecule has 1 aliphatic heterocycles. The Balaban J connectivity index is 1.59. The third-order valence-electron chi connectivity index (χ3n) is 4.70. The number of rotatable bonds is 5. The Kier molecular flexibility index (Phi) is 4.92. The van der Waals surface area contributed by atoms with Gasteiger partial charge in [0.15, 0.2) is 11.5 Å². The van der Waals surface area contributed by atoms with Crippen molar-refractivity contribution in [2.45, 2.75) is 12.3 Å². The molecular formula is C20H18ClN3O4. The third kappa shape index (κ3) is 3.29. The molecule has 4 rings (SSSR count). The zero-order valence-electron chi connectivity index (χ0n) is 15.4. The molecule has 2 heterocycles. The van der Waals surface area contributed by atoms with Crippen molar-refractivity contribution in [3.8, 4) is 22.9 Å². The molecule has 2 aromatic carbocycles. The number of ether oxygens (including phenoxy) is 2. The summed E-state index contributed by atoms with van der Waals surface area (Å²) in [6.07, 6.45) is 0.305. The first kappa shape index (κ1) is 18.3. The van der Waals surface area contributed by atoms with Crippen LogP contribution in [0, 0.1) is 0 Å². The lowest BCUT2D eigenvalue weighted by Gasteiger charge is -2.15. The number of hydrogen-bond donors (Lipinski definition) is 0. The van der Waals surface area contributed by atoms with Crippen molar-refractivity contribution >= 4 is 23.2 Å². The van der Waals surface area contributed by atoms with Gasteiger partial charge < -0.3 is 18.9 Å². The molecule has 3 aromatic rings. The maximum Gasteiger partial charge on any atom is 0.232 e. The highest BCUT2D eigenvalue weighted by molar-refractivity contribution is 6.30. The van der Waals surface area contributed by atoms with Crippen LogP contribution < -0.4 is 14.4 Å². The molecule has 1 fully saturated rings. The molecule has 0 aliphatic carbocycles. The van der Waals surface area contributed by atoms with E-state index in [0.29, 0.717) is 46.8 Å². The lowest BCUT2D eigenvalue weighted by atomic mass is 10.1. The molecule has 8 heteroatoms. The first-order valence-electron chi connectivity index (χ1n) is 8.71. The van der Waals surface area contributed by atoms with Crippen LogP contribution in [0.15, 0.2) is 47.0 Å². The minimum Gasteiger partial charge on any atom is -0.493 e. The van der Waals surface area contributed by atoms with Crippen molar-refractivity contribution in [2.75, 3.05) is 25.7 Å². The van der Waals surface area contributed by atoms with Crippen molar-refractivity contribution in [3.05, 3.63) is 53.4 Å². The zero-order chi connectivity index (χ0) is 19.7. The minimum absolute atomic E-state index is 0.00559. The second-order valence-corrected chi connectivity index (χ2v) is 6.82. The summed E-state index contributed by atoms with van der Waals surface area (Å²) in [6.45, 7) is 0.470. The number of aromatic nitrogens is 2. The van der Waals surface area contributed by atoms with Crippen LogP contribution in [0.5, 0.6) is 11.5 Å². The van der Waals surface area contributed by atoms with Crippen molar-refractivity contribution in [1.29, 1.82) is 0 Å². The molecule has 7 nitrogen and oxygen atoms in total. The van der Waals surface area contributed by atoms with Gasteiger partial charge in [-0.2, -0.15) is 4.98 Å². The van der Waals surface area contributed by atoms with Crippen LogP contribution in [-0.4, -0.2) is 36.8 Å². The monoisotopic (exact) mass is 399 g/mol. The van der Waals surface area contributed by atoms with Crippen LogP contribution in [0.3, 0.4) is 0 Å². The summed E-state index contributed by atoms with van der Waals surface area (Å²) in [5.41, 5.74) is 1.46. The van der Waals surface area contributed by atoms with E-state index in [2.05, 4.69) is 10.1 Å². The second kappa shape index (κ2) is 7.52. The largest absolute Gasteiger partial charge is 0.493 e. The molecule has 0 spiro atoms. The van der Waals surface area contributed by atoms with Crippen LogP contribution in [0.4, 0.5) is 5.69 Å². The molecule has 0 unspecified atom stereocenters. The number of halogens is 1. The average molecular weight is 400 g/mol. The van der Waals surface area contributed by atoms with E-state index in [1.54, 1.807) is 37.3 Å². The number of anilines is 1. The molecule has 28 heavy (non-hydrogen) atoms. The van der Waals surface area contributed by atoms with Crippen LogP contribution in [0.2, 0.25) is 5.02 Å². The molecule has 1 saturated heterocycles. The number of methoxy groups -OCH3 is 2. The van der Waals surface area contributed by atoms with Crippen molar-refractivity contribution in [1.82, 2.24) is 10.1 Å². The molecule has 0 bridgehead atoms. The zero-order valence-corrected chi connectivity index (χ0v) is 16.1. The number of carbonyl (C=O) groups excluding carboxylic acids is 1. The summed E-state index contributed by atoms with van der Waals surface area (Å²) >= 11 is 5.93. The van der Waals surface area contributed by atoms with Gasteiger partial charge in [0.1, 0.15) is 0 Å². The Labute approximate surface area is 166 Å². The van der Waals surface area contributed by atoms with Gasteiger partial charge in [-0.25, -0.2) is 0 Å². The predicted molar refractivity (Wildman–Crippen MR) is 104 cm³/mol. The van der Waals surface area contributed by atoms with Gasteiger partial charge in [0.2, 0.25) is 17.6 Å². The molecular weight excluding hydrogens is 382 g/mol. The van der Waals surface area contributed by atoms with Gasteiger partial charge in [0.05, 0.1) is 25.7 Å². The van der Waals surface area contributed by atoms with E-state index in [9.17, 15) is 4.79 Å². The van der Waals surface area contributed by atoms with Gasteiger partial charge in [0.25, 0.3) is 0 Å². The van der Waals surface area contributed by atoms with E-state index >= 15 is 0 Å². The molecule has 0 saturated carbocycles. The lowest BCUT2D eigenvalue weighted by Crippen LogP contribution is -2.24. The number of nitrogens with zero attached hydrogens (tertiary/aromatic N) is 3. The number of hydrogen-bond acceptors (Lipinski definition) is 6. The summed E-state index contributed by atoms with van der Waals surface area (Å²) in [7, 11) is 3.13. The summed E-state index contributed by atoms with van der Waals surface area (Å²) in [4.78, 5) is 18.7. The minimum atomic E-state index is -0.180. The summed E-state index contributed by atoms with van der Waals surface area (Å²) < 4.78 is 16.2. The summed E-state index contributed by atoms with van der Waals surface area (Å²) in [6, 6.07) is 12.6. The number of para-hydroxylation sites is 1. The van der Waals surface area contributed by atoms with E-state index in [0.717, 1.165) is 5.69 Å². The normalized spacial score (nSPS) is 16.5. The Morgan fingerprint density at radius 1 is 1.14 bits per heavy atom. The van der Waals surface area contributed by atoms with E-state index in [1.807, 2.05) is 24.3 Å². The van der Waals surface area contributed by atoms with Gasteiger partial charge in [-0.1, -0.05) is 22.8 Å². The highest BCUT2D eigenvalue weighted by Gasteiger charge is 2.35. The number of amides is 1. The fourth-order valence-electron chi connectivity index (χ4n) is 3.32. The van der Waals surface area contributed by atoms with Crippen LogP contribution in [0.25, 0.3) is 11.4 Å². The molecule has 1 aliphatic rings. The number of carbonyl (C=O) groups is 1. The van der Waals surface area contributed by atoms with Gasteiger partial charge in [0, 0.05) is 23.7 Å². The van der Waals surface area contributed by atoms with Crippen molar-refractivity contribution < 1.29 is 18.8 Å². The lowest BCUT2D eigenvalue weighted by molar-refractivity contribution is -0.117. The second-order valence-electron chi connectivity index (χ2n) is 6.38. The quantitative estimate of drug-likeness (QED) is 0.647. The van der Waals surface area contributed by atoms with Crippen LogP contribution >= 0.6 is 11.6 Å². The van der Waals surface area contributed by atoms with Crippen molar-refractivity contribution in [3.63, 3.8) is 0 Å².